The number of rotatable bonds is 5. The molecule has 0 bridgehead atoms. The van der Waals surface area contributed by atoms with Crippen LogP contribution in [0.3, 0.4) is 0 Å². The molecule has 1 fully saturated rings. The van der Waals surface area contributed by atoms with Crippen molar-refractivity contribution < 1.29 is 14.6 Å². The van der Waals surface area contributed by atoms with E-state index in [-0.39, 0.29) is 5.91 Å². The molecule has 0 atom stereocenters. The van der Waals surface area contributed by atoms with E-state index in [9.17, 15) is 9.90 Å². The Morgan fingerprint density at radius 2 is 1.85 bits per heavy atom. The largest absolute Gasteiger partial charge is 0.516 e. The first kappa shape index (κ1) is 21.9. The summed E-state index contributed by atoms with van der Waals surface area (Å²) >= 11 is 0. The maximum absolute atomic E-state index is 13.8. The molecule has 34 heavy (non-hydrogen) atoms. The Hall–Kier alpha value is -3.97. The SMILES string of the molecule is C=C/C=C(\C=C\O)c1nc(N2CCOCC2)nc2c1CCN2C(=O)c1cccc2ccccc12. The van der Waals surface area contributed by atoms with Crippen molar-refractivity contribution in [3.8, 4) is 0 Å². The number of carbonyl (C=O) groups is 1. The Morgan fingerprint density at radius 1 is 1.06 bits per heavy atom. The van der Waals surface area contributed by atoms with Crippen LogP contribution in [0.2, 0.25) is 0 Å². The second-order valence-electron chi connectivity index (χ2n) is 8.18. The number of carbonyl (C=O) groups excluding carboxylic acids is 1. The molecule has 0 saturated carbocycles. The van der Waals surface area contributed by atoms with Gasteiger partial charge in [-0.1, -0.05) is 55.1 Å². The van der Waals surface area contributed by atoms with Gasteiger partial charge in [-0.15, -0.1) is 0 Å². The highest BCUT2D eigenvalue weighted by Gasteiger charge is 2.32. The van der Waals surface area contributed by atoms with Gasteiger partial charge in [0.2, 0.25) is 5.95 Å². The van der Waals surface area contributed by atoms with Gasteiger partial charge in [0, 0.05) is 36.3 Å². The summed E-state index contributed by atoms with van der Waals surface area (Å²) < 4.78 is 5.50. The smallest absolute Gasteiger partial charge is 0.260 e. The third kappa shape index (κ3) is 3.95. The van der Waals surface area contributed by atoms with Gasteiger partial charge in [-0.25, -0.2) is 4.98 Å². The summed E-state index contributed by atoms with van der Waals surface area (Å²) in [7, 11) is 0. The summed E-state index contributed by atoms with van der Waals surface area (Å²) in [5.41, 5.74) is 2.95. The fourth-order valence-electron chi connectivity index (χ4n) is 4.56. The number of allylic oxidation sites excluding steroid dienone is 4. The highest BCUT2D eigenvalue weighted by atomic mass is 16.5. The minimum absolute atomic E-state index is 0.0833. The number of nitrogens with zero attached hydrogens (tertiary/aromatic N) is 4. The van der Waals surface area contributed by atoms with Crippen LogP contribution in [0.1, 0.15) is 21.6 Å². The van der Waals surface area contributed by atoms with E-state index in [1.165, 1.54) is 0 Å². The molecule has 1 saturated heterocycles. The summed E-state index contributed by atoms with van der Waals surface area (Å²) in [6, 6.07) is 13.7. The summed E-state index contributed by atoms with van der Waals surface area (Å²) in [6.45, 7) is 6.85. The molecule has 2 aliphatic rings. The average molecular weight is 455 g/mol. The van der Waals surface area contributed by atoms with Crippen LogP contribution in [0.25, 0.3) is 16.3 Å². The lowest BCUT2D eigenvalue weighted by molar-refractivity contribution is 0.0990. The van der Waals surface area contributed by atoms with Crippen molar-refractivity contribution in [1.82, 2.24) is 9.97 Å². The molecule has 3 aromatic rings. The lowest BCUT2D eigenvalue weighted by atomic mass is 10.0. The number of benzene rings is 2. The molecule has 2 aromatic carbocycles. The topological polar surface area (TPSA) is 78.8 Å². The molecule has 0 spiro atoms. The normalized spacial score (nSPS) is 16.3. The number of anilines is 2. The second kappa shape index (κ2) is 9.49. The predicted octanol–water partition coefficient (Wildman–Crippen LogP) is 4.31. The molecule has 7 nitrogen and oxygen atoms in total. The average Bonchev–Trinajstić information content (AvgIpc) is 3.32. The lowest BCUT2D eigenvalue weighted by Crippen LogP contribution is -2.38. The number of aromatic nitrogens is 2. The van der Waals surface area contributed by atoms with E-state index in [2.05, 4.69) is 11.5 Å². The van der Waals surface area contributed by atoms with Crippen LogP contribution in [0.5, 0.6) is 0 Å². The highest BCUT2D eigenvalue weighted by Crippen LogP contribution is 2.35. The monoisotopic (exact) mass is 454 g/mol. The van der Waals surface area contributed by atoms with Gasteiger partial charge in [0.05, 0.1) is 25.2 Å². The molecule has 172 valence electrons. The lowest BCUT2D eigenvalue weighted by Gasteiger charge is -2.28. The number of hydrogen-bond donors (Lipinski definition) is 1. The quantitative estimate of drug-likeness (QED) is 0.457. The molecular formula is C27H26N4O3. The minimum Gasteiger partial charge on any atom is -0.516 e. The Kier molecular flexibility index (Phi) is 6.10. The summed E-state index contributed by atoms with van der Waals surface area (Å²) in [5.74, 6) is 1.08. The van der Waals surface area contributed by atoms with Crippen molar-refractivity contribution in [2.75, 3.05) is 42.6 Å². The van der Waals surface area contributed by atoms with E-state index < -0.39 is 0 Å². The van der Waals surface area contributed by atoms with E-state index in [1.807, 2.05) is 42.5 Å². The van der Waals surface area contributed by atoms with Gasteiger partial charge in [0.1, 0.15) is 5.82 Å². The van der Waals surface area contributed by atoms with Crippen molar-refractivity contribution in [2.24, 2.45) is 0 Å². The first-order chi connectivity index (χ1) is 16.7. The summed E-state index contributed by atoms with van der Waals surface area (Å²) in [6.07, 6.45) is 6.66. The molecule has 1 N–H and O–H groups in total. The minimum atomic E-state index is -0.0833. The van der Waals surface area contributed by atoms with Crippen LogP contribution in [0.15, 0.2) is 73.5 Å². The van der Waals surface area contributed by atoms with Gasteiger partial charge in [-0.3, -0.25) is 9.69 Å². The number of aliphatic hydroxyl groups is 1. The zero-order valence-corrected chi connectivity index (χ0v) is 18.9. The third-order valence-corrected chi connectivity index (χ3v) is 6.20. The predicted molar refractivity (Wildman–Crippen MR) is 134 cm³/mol. The van der Waals surface area contributed by atoms with Crippen molar-refractivity contribution in [3.05, 3.63) is 90.4 Å². The molecule has 0 aliphatic carbocycles. The van der Waals surface area contributed by atoms with Crippen molar-refractivity contribution in [2.45, 2.75) is 6.42 Å². The van der Waals surface area contributed by atoms with Crippen molar-refractivity contribution >= 4 is 34.0 Å². The molecule has 1 aromatic heterocycles. The number of hydrogen-bond acceptors (Lipinski definition) is 6. The molecule has 0 radical (unpaired) electrons. The Labute approximate surface area is 198 Å². The van der Waals surface area contributed by atoms with Gasteiger partial charge in [-0.05, 0) is 29.3 Å². The van der Waals surface area contributed by atoms with Crippen LogP contribution < -0.4 is 9.80 Å². The maximum atomic E-state index is 13.8. The third-order valence-electron chi connectivity index (χ3n) is 6.20. The number of fused-ring (bicyclic) bond motifs is 2. The number of ether oxygens (including phenoxy) is 1. The van der Waals surface area contributed by atoms with Crippen LogP contribution in [0, 0.1) is 0 Å². The van der Waals surface area contributed by atoms with Crippen molar-refractivity contribution in [3.63, 3.8) is 0 Å². The van der Waals surface area contributed by atoms with Crippen molar-refractivity contribution in [1.29, 1.82) is 0 Å². The Bertz CT molecular complexity index is 1300. The van der Waals surface area contributed by atoms with Crippen LogP contribution >= 0.6 is 0 Å². The fraction of sp³-hybridized carbons (Fsp3) is 0.222. The highest BCUT2D eigenvalue weighted by molar-refractivity contribution is 6.14. The van der Waals surface area contributed by atoms with Gasteiger partial charge in [0.15, 0.2) is 0 Å². The van der Waals surface area contributed by atoms with Gasteiger partial charge < -0.3 is 14.7 Å². The zero-order valence-electron chi connectivity index (χ0n) is 18.9. The molecule has 2 aliphatic heterocycles. The number of morpholine rings is 1. The summed E-state index contributed by atoms with van der Waals surface area (Å²) in [5, 5.41) is 11.4. The fourth-order valence-corrected chi connectivity index (χ4v) is 4.56. The van der Waals surface area contributed by atoms with E-state index in [0.717, 1.165) is 22.6 Å². The summed E-state index contributed by atoms with van der Waals surface area (Å²) in [4.78, 5) is 27.3. The first-order valence-electron chi connectivity index (χ1n) is 11.4. The van der Waals surface area contributed by atoms with Crippen LogP contribution in [0.4, 0.5) is 11.8 Å². The van der Waals surface area contributed by atoms with Gasteiger partial charge in [-0.2, -0.15) is 4.98 Å². The molecular weight excluding hydrogens is 428 g/mol. The molecule has 0 unspecified atom stereocenters. The molecule has 3 heterocycles. The van der Waals surface area contributed by atoms with Crippen LogP contribution in [-0.4, -0.2) is 53.8 Å². The van der Waals surface area contributed by atoms with E-state index in [1.54, 1.807) is 23.1 Å². The number of aliphatic hydroxyl groups excluding tert-OH is 1. The van der Waals surface area contributed by atoms with Crippen LogP contribution in [-0.2, 0) is 11.2 Å². The number of amides is 1. The maximum Gasteiger partial charge on any atom is 0.260 e. The standard InChI is InChI=1S/C27H26N4O3/c1-2-6-20(12-16-32)24-23-11-13-31(25(23)29-27(28-24)30-14-17-34-18-15-30)26(33)22-10-5-8-19-7-3-4-9-21(19)22/h2-10,12,16,32H,1,11,13-15,17-18H2/b16-12+,20-6+. The Morgan fingerprint density at radius 3 is 2.65 bits per heavy atom. The molecule has 1 amide bonds. The second-order valence-corrected chi connectivity index (χ2v) is 8.18. The first-order valence-corrected chi connectivity index (χ1v) is 11.4. The van der Waals surface area contributed by atoms with Gasteiger partial charge in [0.25, 0.3) is 5.91 Å². The van der Waals surface area contributed by atoms with E-state index in [0.29, 0.717) is 67.9 Å². The van der Waals surface area contributed by atoms with Gasteiger partial charge >= 0.3 is 0 Å². The molecule has 7 heteroatoms. The zero-order chi connectivity index (χ0) is 23.5. The van der Waals surface area contributed by atoms with E-state index >= 15 is 0 Å². The Balaban J connectivity index is 1.64. The molecule has 5 rings (SSSR count). The van der Waals surface area contributed by atoms with E-state index in [4.69, 9.17) is 14.7 Å².